The number of ether oxygens (including phenoxy) is 1. The average Bonchev–Trinajstić information content (AvgIpc) is 2.16. The number of rotatable bonds is 3. The Morgan fingerprint density at radius 1 is 1.40 bits per heavy atom. The molecule has 1 saturated heterocycles. The van der Waals surface area contributed by atoms with Gasteiger partial charge in [-0.25, -0.2) is 4.98 Å². The number of anilines is 1. The van der Waals surface area contributed by atoms with Crippen LogP contribution in [0.15, 0.2) is 12.4 Å². The highest BCUT2D eigenvalue weighted by Crippen LogP contribution is 2.21. The molecule has 0 atom stereocenters. The summed E-state index contributed by atoms with van der Waals surface area (Å²) in [6.45, 7) is 6.10. The standard InChI is InChI=1S/C11H17N3O/c1-8(2)10-4-12-5-11(13-10)14-6-9(7-14)15-3/h4-5,8-9H,6-7H2,1-3H3. The summed E-state index contributed by atoms with van der Waals surface area (Å²) in [6, 6.07) is 0. The third-order valence-corrected chi connectivity index (χ3v) is 2.74. The molecule has 0 unspecified atom stereocenters. The zero-order valence-electron chi connectivity index (χ0n) is 9.47. The van der Waals surface area contributed by atoms with Gasteiger partial charge in [0, 0.05) is 26.4 Å². The lowest BCUT2D eigenvalue weighted by atomic mass is 10.1. The molecule has 4 heteroatoms. The van der Waals surface area contributed by atoms with Crippen LogP contribution < -0.4 is 4.90 Å². The van der Waals surface area contributed by atoms with Gasteiger partial charge in [0.1, 0.15) is 5.82 Å². The molecule has 4 nitrogen and oxygen atoms in total. The lowest BCUT2D eigenvalue weighted by Gasteiger charge is -2.38. The van der Waals surface area contributed by atoms with Gasteiger partial charge >= 0.3 is 0 Å². The van der Waals surface area contributed by atoms with Crippen molar-refractivity contribution in [2.45, 2.75) is 25.9 Å². The van der Waals surface area contributed by atoms with E-state index in [9.17, 15) is 0 Å². The number of nitrogens with zero attached hydrogens (tertiary/aromatic N) is 3. The first-order valence-electron chi connectivity index (χ1n) is 5.30. The molecule has 1 aromatic rings. The zero-order chi connectivity index (χ0) is 10.8. The van der Waals surface area contributed by atoms with Crippen LogP contribution in [0.3, 0.4) is 0 Å². The Labute approximate surface area is 90.3 Å². The lowest BCUT2D eigenvalue weighted by molar-refractivity contribution is 0.0782. The Morgan fingerprint density at radius 2 is 2.13 bits per heavy atom. The highest BCUT2D eigenvalue weighted by atomic mass is 16.5. The van der Waals surface area contributed by atoms with Crippen molar-refractivity contribution in [1.29, 1.82) is 0 Å². The summed E-state index contributed by atoms with van der Waals surface area (Å²) in [6.07, 6.45) is 4.01. The van der Waals surface area contributed by atoms with Crippen molar-refractivity contribution in [3.05, 3.63) is 18.1 Å². The Balaban J connectivity index is 2.06. The van der Waals surface area contributed by atoms with E-state index in [0.717, 1.165) is 24.6 Å². The van der Waals surface area contributed by atoms with E-state index in [1.54, 1.807) is 7.11 Å². The van der Waals surface area contributed by atoms with Crippen molar-refractivity contribution in [3.8, 4) is 0 Å². The normalized spacial score (nSPS) is 16.9. The number of methoxy groups -OCH3 is 1. The largest absolute Gasteiger partial charge is 0.378 e. The molecule has 1 fully saturated rings. The van der Waals surface area contributed by atoms with E-state index in [-0.39, 0.29) is 0 Å². The maximum Gasteiger partial charge on any atom is 0.147 e. The second kappa shape index (κ2) is 4.14. The van der Waals surface area contributed by atoms with Crippen molar-refractivity contribution in [1.82, 2.24) is 9.97 Å². The summed E-state index contributed by atoms with van der Waals surface area (Å²) in [5, 5.41) is 0. The summed E-state index contributed by atoms with van der Waals surface area (Å²) >= 11 is 0. The fourth-order valence-corrected chi connectivity index (χ4v) is 1.58. The minimum atomic E-state index is 0.356. The van der Waals surface area contributed by atoms with Crippen LogP contribution in [0.2, 0.25) is 0 Å². The van der Waals surface area contributed by atoms with Gasteiger partial charge in [0.15, 0.2) is 0 Å². The molecule has 0 amide bonds. The van der Waals surface area contributed by atoms with E-state index < -0.39 is 0 Å². The maximum atomic E-state index is 5.23. The minimum absolute atomic E-state index is 0.356. The van der Waals surface area contributed by atoms with E-state index >= 15 is 0 Å². The van der Waals surface area contributed by atoms with Crippen LogP contribution in [0.1, 0.15) is 25.5 Å². The van der Waals surface area contributed by atoms with E-state index in [4.69, 9.17) is 4.74 Å². The fourth-order valence-electron chi connectivity index (χ4n) is 1.58. The van der Waals surface area contributed by atoms with Crippen molar-refractivity contribution in [2.24, 2.45) is 0 Å². The second-order valence-electron chi connectivity index (χ2n) is 4.22. The first kappa shape index (κ1) is 10.4. The summed E-state index contributed by atoms with van der Waals surface area (Å²) in [7, 11) is 1.75. The van der Waals surface area contributed by atoms with Crippen molar-refractivity contribution in [2.75, 3.05) is 25.1 Å². The predicted octanol–water partition coefficient (Wildman–Crippen LogP) is 1.43. The number of hydrogen-bond donors (Lipinski definition) is 0. The molecular formula is C11H17N3O. The van der Waals surface area contributed by atoms with E-state index in [0.29, 0.717) is 12.0 Å². The summed E-state index contributed by atoms with van der Waals surface area (Å²) in [4.78, 5) is 11.0. The van der Waals surface area contributed by atoms with Gasteiger partial charge in [0.2, 0.25) is 0 Å². The molecule has 1 aromatic heterocycles. The van der Waals surface area contributed by atoms with Gasteiger partial charge in [-0.05, 0) is 5.92 Å². The summed E-state index contributed by atoms with van der Waals surface area (Å²) in [5.74, 6) is 1.39. The Morgan fingerprint density at radius 3 is 2.73 bits per heavy atom. The molecule has 0 saturated carbocycles. The molecule has 2 rings (SSSR count). The average molecular weight is 207 g/mol. The van der Waals surface area contributed by atoms with Crippen LogP contribution in [0, 0.1) is 0 Å². The predicted molar refractivity (Wildman–Crippen MR) is 59.1 cm³/mol. The third-order valence-electron chi connectivity index (χ3n) is 2.74. The van der Waals surface area contributed by atoms with Gasteiger partial charge in [0.05, 0.1) is 18.0 Å². The first-order valence-corrected chi connectivity index (χ1v) is 5.30. The lowest BCUT2D eigenvalue weighted by Crippen LogP contribution is -2.52. The Bertz CT molecular complexity index is 334. The highest BCUT2D eigenvalue weighted by molar-refractivity contribution is 5.40. The maximum absolute atomic E-state index is 5.23. The van der Waals surface area contributed by atoms with E-state index in [1.165, 1.54) is 0 Å². The molecule has 0 bridgehead atoms. The quantitative estimate of drug-likeness (QED) is 0.751. The topological polar surface area (TPSA) is 38.2 Å². The summed E-state index contributed by atoms with van der Waals surface area (Å²) in [5.41, 5.74) is 1.05. The van der Waals surface area contributed by atoms with Crippen LogP contribution in [-0.4, -0.2) is 36.3 Å². The van der Waals surface area contributed by atoms with E-state index in [2.05, 4.69) is 28.7 Å². The molecule has 2 heterocycles. The highest BCUT2D eigenvalue weighted by Gasteiger charge is 2.27. The monoisotopic (exact) mass is 207 g/mol. The SMILES string of the molecule is COC1CN(c2cncc(C(C)C)n2)C1. The third kappa shape index (κ3) is 2.09. The molecular weight excluding hydrogens is 190 g/mol. The Kier molecular flexibility index (Phi) is 2.86. The number of aromatic nitrogens is 2. The van der Waals surface area contributed by atoms with Crippen LogP contribution in [-0.2, 0) is 4.74 Å². The van der Waals surface area contributed by atoms with Crippen molar-refractivity contribution in [3.63, 3.8) is 0 Å². The van der Waals surface area contributed by atoms with Gasteiger partial charge in [0.25, 0.3) is 0 Å². The molecule has 82 valence electrons. The van der Waals surface area contributed by atoms with E-state index in [1.807, 2.05) is 12.4 Å². The fraction of sp³-hybridized carbons (Fsp3) is 0.636. The van der Waals surface area contributed by atoms with Gasteiger partial charge in [-0.15, -0.1) is 0 Å². The van der Waals surface area contributed by atoms with Crippen LogP contribution >= 0.6 is 0 Å². The summed E-state index contributed by atoms with van der Waals surface area (Å²) < 4.78 is 5.23. The molecule has 1 aliphatic rings. The molecule has 0 spiro atoms. The molecule has 0 aliphatic carbocycles. The number of hydrogen-bond acceptors (Lipinski definition) is 4. The van der Waals surface area contributed by atoms with Crippen LogP contribution in [0.25, 0.3) is 0 Å². The Hall–Kier alpha value is -1.16. The van der Waals surface area contributed by atoms with Crippen LogP contribution in [0.4, 0.5) is 5.82 Å². The van der Waals surface area contributed by atoms with Crippen molar-refractivity contribution < 1.29 is 4.74 Å². The van der Waals surface area contributed by atoms with Crippen LogP contribution in [0.5, 0.6) is 0 Å². The van der Waals surface area contributed by atoms with Crippen molar-refractivity contribution >= 4 is 5.82 Å². The smallest absolute Gasteiger partial charge is 0.147 e. The molecule has 0 aromatic carbocycles. The molecule has 0 radical (unpaired) electrons. The van der Waals surface area contributed by atoms with Gasteiger partial charge in [-0.3, -0.25) is 4.98 Å². The minimum Gasteiger partial charge on any atom is -0.378 e. The second-order valence-corrected chi connectivity index (χ2v) is 4.22. The zero-order valence-corrected chi connectivity index (χ0v) is 9.47. The molecule has 0 N–H and O–H groups in total. The first-order chi connectivity index (χ1) is 7.20. The molecule has 15 heavy (non-hydrogen) atoms. The van der Waals surface area contributed by atoms with Gasteiger partial charge < -0.3 is 9.64 Å². The molecule has 1 aliphatic heterocycles. The van der Waals surface area contributed by atoms with Gasteiger partial charge in [-0.1, -0.05) is 13.8 Å². The van der Waals surface area contributed by atoms with Gasteiger partial charge in [-0.2, -0.15) is 0 Å².